The van der Waals surface area contributed by atoms with Crippen LogP contribution in [0, 0.1) is 0 Å². The Morgan fingerprint density at radius 2 is 1.82 bits per heavy atom. The van der Waals surface area contributed by atoms with Gasteiger partial charge in [0.05, 0.1) is 11.6 Å². The number of nitrogens with zero attached hydrogens (tertiary/aromatic N) is 2. The molecule has 6 heteroatoms. The highest BCUT2D eigenvalue weighted by Crippen LogP contribution is 2.40. The van der Waals surface area contributed by atoms with Gasteiger partial charge in [-0.25, -0.2) is 0 Å². The van der Waals surface area contributed by atoms with Gasteiger partial charge < -0.3 is 14.9 Å². The van der Waals surface area contributed by atoms with E-state index in [0.29, 0.717) is 12.1 Å². The van der Waals surface area contributed by atoms with Crippen LogP contribution in [0.4, 0.5) is 0 Å². The first-order valence-corrected chi connectivity index (χ1v) is 9.93. The van der Waals surface area contributed by atoms with Crippen molar-refractivity contribution in [2.75, 3.05) is 27.2 Å². The Morgan fingerprint density at radius 1 is 1.11 bits per heavy atom. The van der Waals surface area contributed by atoms with Crippen molar-refractivity contribution >= 4 is 33.4 Å². The maximum absolute atomic E-state index is 12.9. The minimum absolute atomic E-state index is 0.138. The number of Topliss-reactive ketones (excluding diaryl/α,β-unsaturated/α-hetero) is 1. The SMILES string of the molecule is CN(C)CCCN1C(=O)C(=O)/C(=C(\O)c2ccccc2)C1c1cccc(Br)c1. The number of ketones is 1. The molecule has 2 aromatic rings. The zero-order chi connectivity index (χ0) is 20.3. The lowest BCUT2D eigenvalue weighted by molar-refractivity contribution is -0.139. The van der Waals surface area contributed by atoms with Crippen molar-refractivity contribution in [2.24, 2.45) is 0 Å². The first-order valence-electron chi connectivity index (χ1n) is 9.14. The molecule has 1 amide bonds. The number of benzene rings is 2. The quantitative estimate of drug-likeness (QED) is 0.419. The van der Waals surface area contributed by atoms with Crippen molar-refractivity contribution in [3.63, 3.8) is 0 Å². The average Bonchev–Trinajstić information content (AvgIpc) is 2.93. The number of likely N-dealkylation sites (tertiary alicyclic amines) is 1. The number of hydrogen-bond donors (Lipinski definition) is 1. The predicted molar refractivity (Wildman–Crippen MR) is 113 cm³/mol. The fraction of sp³-hybridized carbons (Fsp3) is 0.273. The second-order valence-corrected chi connectivity index (χ2v) is 7.99. The molecule has 1 heterocycles. The Morgan fingerprint density at radius 3 is 2.46 bits per heavy atom. The summed E-state index contributed by atoms with van der Waals surface area (Å²) in [5, 5.41) is 10.9. The summed E-state index contributed by atoms with van der Waals surface area (Å²) in [6.07, 6.45) is 0.732. The normalized spacial score (nSPS) is 18.9. The molecule has 1 aliphatic rings. The van der Waals surface area contributed by atoms with Gasteiger partial charge in [0.2, 0.25) is 0 Å². The molecule has 5 nitrogen and oxygen atoms in total. The molecule has 28 heavy (non-hydrogen) atoms. The van der Waals surface area contributed by atoms with Crippen LogP contribution < -0.4 is 0 Å². The van der Waals surface area contributed by atoms with Crippen LogP contribution in [-0.2, 0) is 9.59 Å². The summed E-state index contributed by atoms with van der Waals surface area (Å²) in [4.78, 5) is 29.3. The van der Waals surface area contributed by atoms with E-state index in [0.717, 1.165) is 23.0 Å². The minimum atomic E-state index is -0.642. The molecule has 1 aliphatic heterocycles. The Balaban J connectivity index is 2.08. The van der Waals surface area contributed by atoms with Crippen molar-refractivity contribution in [1.29, 1.82) is 0 Å². The van der Waals surface area contributed by atoms with E-state index in [1.54, 1.807) is 29.2 Å². The van der Waals surface area contributed by atoms with Crippen molar-refractivity contribution in [3.05, 3.63) is 75.8 Å². The largest absolute Gasteiger partial charge is 0.507 e. The molecule has 1 saturated heterocycles. The van der Waals surface area contributed by atoms with E-state index in [1.807, 2.05) is 49.3 Å². The third kappa shape index (κ3) is 4.18. The van der Waals surface area contributed by atoms with Crippen LogP contribution in [0.15, 0.2) is 64.6 Å². The third-order valence-electron chi connectivity index (χ3n) is 4.76. The smallest absolute Gasteiger partial charge is 0.295 e. The van der Waals surface area contributed by atoms with Crippen molar-refractivity contribution in [1.82, 2.24) is 9.80 Å². The number of carbonyl (C=O) groups is 2. The number of amides is 1. The molecular weight excluding hydrogens is 420 g/mol. The molecule has 0 aliphatic carbocycles. The number of halogens is 1. The standard InChI is InChI=1S/C22H23BrN2O3/c1-24(2)12-7-13-25-19(16-10-6-11-17(23)14-16)18(21(27)22(25)28)20(26)15-8-4-3-5-9-15/h3-6,8-11,14,19,26H,7,12-13H2,1-2H3/b20-18-. The summed E-state index contributed by atoms with van der Waals surface area (Å²) in [6, 6.07) is 15.8. The zero-order valence-corrected chi connectivity index (χ0v) is 17.5. The van der Waals surface area contributed by atoms with Crippen LogP contribution in [-0.4, -0.2) is 53.8 Å². The van der Waals surface area contributed by atoms with Gasteiger partial charge in [0, 0.05) is 16.6 Å². The van der Waals surface area contributed by atoms with E-state index >= 15 is 0 Å². The number of aliphatic hydroxyl groups is 1. The highest BCUT2D eigenvalue weighted by atomic mass is 79.9. The number of carbonyl (C=O) groups excluding carboxylic acids is 2. The maximum atomic E-state index is 12.9. The van der Waals surface area contributed by atoms with Gasteiger partial charge in [0.25, 0.3) is 11.7 Å². The number of aliphatic hydroxyl groups excluding tert-OH is 1. The monoisotopic (exact) mass is 442 g/mol. The van der Waals surface area contributed by atoms with Gasteiger partial charge in [0.15, 0.2) is 0 Å². The molecule has 0 bridgehead atoms. The van der Waals surface area contributed by atoms with Crippen LogP contribution in [0.2, 0.25) is 0 Å². The Labute approximate surface area is 173 Å². The minimum Gasteiger partial charge on any atom is -0.507 e. The van der Waals surface area contributed by atoms with E-state index < -0.39 is 17.7 Å². The van der Waals surface area contributed by atoms with Crippen LogP contribution in [0.25, 0.3) is 5.76 Å². The molecule has 1 fully saturated rings. The van der Waals surface area contributed by atoms with E-state index in [2.05, 4.69) is 15.9 Å². The predicted octanol–water partition coefficient (Wildman–Crippen LogP) is 3.82. The Hall–Kier alpha value is -2.44. The maximum Gasteiger partial charge on any atom is 0.295 e. The van der Waals surface area contributed by atoms with Gasteiger partial charge in [-0.3, -0.25) is 9.59 Å². The van der Waals surface area contributed by atoms with Crippen LogP contribution in [0.1, 0.15) is 23.6 Å². The van der Waals surface area contributed by atoms with Crippen molar-refractivity contribution in [3.8, 4) is 0 Å². The Kier molecular flexibility index (Phi) is 6.31. The molecule has 0 saturated carbocycles. The first kappa shape index (κ1) is 20.3. The third-order valence-corrected chi connectivity index (χ3v) is 5.25. The molecular formula is C22H23BrN2O3. The molecule has 2 aromatic carbocycles. The average molecular weight is 443 g/mol. The van der Waals surface area contributed by atoms with Crippen LogP contribution in [0.5, 0.6) is 0 Å². The molecule has 1 unspecified atom stereocenters. The summed E-state index contributed by atoms with van der Waals surface area (Å²) in [6.45, 7) is 1.23. The summed E-state index contributed by atoms with van der Waals surface area (Å²) in [5.41, 5.74) is 1.45. The first-order chi connectivity index (χ1) is 13.4. The molecule has 3 rings (SSSR count). The van der Waals surface area contributed by atoms with Gasteiger partial charge in [0.1, 0.15) is 5.76 Å². The van der Waals surface area contributed by atoms with Crippen LogP contribution >= 0.6 is 15.9 Å². The molecule has 0 aromatic heterocycles. The fourth-order valence-corrected chi connectivity index (χ4v) is 3.86. The van der Waals surface area contributed by atoms with E-state index in [9.17, 15) is 14.7 Å². The zero-order valence-electron chi connectivity index (χ0n) is 15.9. The lowest BCUT2D eigenvalue weighted by Crippen LogP contribution is -2.32. The highest BCUT2D eigenvalue weighted by molar-refractivity contribution is 9.10. The van der Waals surface area contributed by atoms with Gasteiger partial charge in [-0.2, -0.15) is 0 Å². The van der Waals surface area contributed by atoms with Gasteiger partial charge in [-0.05, 0) is 44.8 Å². The molecule has 1 N–H and O–H groups in total. The molecule has 0 radical (unpaired) electrons. The molecule has 1 atom stereocenters. The lowest BCUT2D eigenvalue weighted by atomic mass is 9.95. The van der Waals surface area contributed by atoms with Crippen molar-refractivity contribution < 1.29 is 14.7 Å². The summed E-state index contributed by atoms with van der Waals surface area (Å²) < 4.78 is 0.851. The lowest BCUT2D eigenvalue weighted by Gasteiger charge is -2.26. The van der Waals surface area contributed by atoms with Gasteiger partial charge >= 0.3 is 0 Å². The van der Waals surface area contributed by atoms with Gasteiger partial charge in [-0.15, -0.1) is 0 Å². The highest BCUT2D eigenvalue weighted by Gasteiger charge is 2.45. The topological polar surface area (TPSA) is 60.9 Å². The summed E-state index contributed by atoms with van der Waals surface area (Å²) >= 11 is 3.46. The second-order valence-electron chi connectivity index (χ2n) is 7.07. The second kappa shape index (κ2) is 8.71. The van der Waals surface area contributed by atoms with E-state index in [4.69, 9.17) is 0 Å². The van der Waals surface area contributed by atoms with E-state index in [-0.39, 0.29) is 11.3 Å². The number of rotatable bonds is 6. The fourth-order valence-electron chi connectivity index (χ4n) is 3.44. The molecule has 146 valence electrons. The van der Waals surface area contributed by atoms with Gasteiger partial charge in [-0.1, -0.05) is 58.4 Å². The van der Waals surface area contributed by atoms with Crippen LogP contribution in [0.3, 0.4) is 0 Å². The summed E-state index contributed by atoms with van der Waals surface area (Å²) in [7, 11) is 3.94. The number of hydrogen-bond acceptors (Lipinski definition) is 4. The Bertz CT molecular complexity index is 909. The van der Waals surface area contributed by atoms with E-state index in [1.165, 1.54) is 0 Å². The van der Waals surface area contributed by atoms with Crippen molar-refractivity contribution in [2.45, 2.75) is 12.5 Å². The summed E-state index contributed by atoms with van der Waals surface area (Å²) in [5.74, 6) is -1.35. The molecule has 0 spiro atoms.